The number of carbonyl (C=O) groups excluding carboxylic acids is 1. The first-order valence-electron chi connectivity index (χ1n) is 11.0. The Morgan fingerprint density at radius 1 is 1.03 bits per heavy atom. The van der Waals surface area contributed by atoms with Crippen LogP contribution in [-0.2, 0) is 11.3 Å². The van der Waals surface area contributed by atoms with Crippen molar-refractivity contribution in [3.63, 3.8) is 0 Å². The van der Waals surface area contributed by atoms with Crippen molar-refractivity contribution >= 4 is 6.09 Å². The maximum Gasteiger partial charge on any atom is 0.410 e. The Morgan fingerprint density at radius 2 is 1.72 bits per heavy atom. The molecule has 7 nitrogen and oxygen atoms in total. The van der Waals surface area contributed by atoms with Gasteiger partial charge in [-0.05, 0) is 69.4 Å². The summed E-state index contributed by atoms with van der Waals surface area (Å²) in [5, 5.41) is 8.14. The van der Waals surface area contributed by atoms with Crippen molar-refractivity contribution < 1.29 is 18.7 Å². The molecule has 1 aliphatic heterocycles. The Bertz CT molecular complexity index is 1020. The predicted molar refractivity (Wildman–Crippen MR) is 120 cm³/mol. The normalized spacial score (nSPS) is 14.9. The van der Waals surface area contributed by atoms with Crippen LogP contribution in [0.25, 0.3) is 11.5 Å². The molecular formula is C25H29N3O4. The smallest absolute Gasteiger partial charge is 0.410 e. The van der Waals surface area contributed by atoms with Crippen LogP contribution in [0.15, 0.2) is 59.0 Å². The lowest BCUT2D eigenvalue weighted by Crippen LogP contribution is -2.41. The summed E-state index contributed by atoms with van der Waals surface area (Å²) < 4.78 is 17.0. The monoisotopic (exact) mass is 435 g/mol. The van der Waals surface area contributed by atoms with Crippen molar-refractivity contribution in [1.29, 1.82) is 0 Å². The zero-order valence-electron chi connectivity index (χ0n) is 18.8. The quantitative estimate of drug-likeness (QED) is 0.532. The summed E-state index contributed by atoms with van der Waals surface area (Å²) in [5.41, 5.74) is 1.67. The van der Waals surface area contributed by atoms with E-state index in [9.17, 15) is 4.79 Å². The van der Waals surface area contributed by atoms with Crippen LogP contribution in [0.4, 0.5) is 4.79 Å². The second kappa shape index (κ2) is 9.42. The number of piperidine rings is 1. The van der Waals surface area contributed by atoms with E-state index in [0.29, 0.717) is 30.8 Å². The van der Waals surface area contributed by atoms with Gasteiger partial charge in [-0.3, -0.25) is 0 Å². The molecule has 0 spiro atoms. The minimum absolute atomic E-state index is 0.216. The Balaban J connectivity index is 1.27. The maximum absolute atomic E-state index is 12.2. The van der Waals surface area contributed by atoms with Gasteiger partial charge in [0.1, 0.15) is 11.4 Å². The van der Waals surface area contributed by atoms with E-state index in [1.54, 1.807) is 4.90 Å². The summed E-state index contributed by atoms with van der Waals surface area (Å²) in [4.78, 5) is 14.0. The molecule has 1 aliphatic rings. The zero-order chi connectivity index (χ0) is 22.6. The van der Waals surface area contributed by atoms with E-state index in [-0.39, 0.29) is 12.7 Å². The van der Waals surface area contributed by atoms with Crippen LogP contribution < -0.4 is 4.74 Å². The minimum atomic E-state index is -0.464. The molecule has 168 valence electrons. The van der Waals surface area contributed by atoms with Crippen molar-refractivity contribution in [1.82, 2.24) is 15.1 Å². The van der Waals surface area contributed by atoms with Gasteiger partial charge in [0.2, 0.25) is 5.89 Å². The minimum Gasteiger partial charge on any atom is -0.484 e. The van der Waals surface area contributed by atoms with Gasteiger partial charge in [0.05, 0.1) is 0 Å². The van der Waals surface area contributed by atoms with E-state index in [0.717, 1.165) is 24.2 Å². The second-order valence-corrected chi connectivity index (χ2v) is 8.97. The van der Waals surface area contributed by atoms with Crippen molar-refractivity contribution in [2.75, 3.05) is 13.1 Å². The number of hydrogen-bond donors (Lipinski definition) is 0. The van der Waals surface area contributed by atoms with Gasteiger partial charge >= 0.3 is 6.09 Å². The molecule has 2 aromatic carbocycles. The highest BCUT2D eigenvalue weighted by atomic mass is 16.6. The molecule has 0 radical (unpaired) electrons. The third kappa shape index (κ3) is 5.66. The number of likely N-dealkylation sites (tertiary alicyclic amines) is 1. The summed E-state index contributed by atoms with van der Waals surface area (Å²) in [6.45, 7) is 7.30. The fraction of sp³-hybridized carbons (Fsp3) is 0.400. The van der Waals surface area contributed by atoms with E-state index in [4.69, 9.17) is 13.9 Å². The van der Waals surface area contributed by atoms with Gasteiger partial charge in [0.15, 0.2) is 6.61 Å². The third-order valence-corrected chi connectivity index (χ3v) is 5.35. The molecule has 2 heterocycles. The third-order valence-electron chi connectivity index (χ3n) is 5.35. The van der Waals surface area contributed by atoms with Gasteiger partial charge in [-0.2, -0.15) is 0 Å². The molecule has 0 saturated carbocycles. The van der Waals surface area contributed by atoms with Crippen LogP contribution in [0, 0.1) is 0 Å². The lowest BCUT2D eigenvalue weighted by molar-refractivity contribution is 0.0205. The van der Waals surface area contributed by atoms with Crippen LogP contribution in [0.3, 0.4) is 0 Å². The summed E-state index contributed by atoms with van der Waals surface area (Å²) in [5.74, 6) is 2.09. The fourth-order valence-electron chi connectivity index (χ4n) is 3.71. The fourth-order valence-corrected chi connectivity index (χ4v) is 3.71. The molecule has 1 amide bonds. The number of hydrogen-bond acceptors (Lipinski definition) is 6. The molecule has 0 unspecified atom stereocenters. The number of ether oxygens (including phenoxy) is 2. The topological polar surface area (TPSA) is 77.7 Å². The summed E-state index contributed by atoms with van der Waals surface area (Å²) in [6, 6.07) is 17.8. The predicted octanol–water partition coefficient (Wildman–Crippen LogP) is 5.43. The lowest BCUT2D eigenvalue weighted by Gasteiger charge is -2.33. The molecule has 7 heteroatoms. The SMILES string of the molecule is CC(C)(C)OC(=O)N1CCC(c2ccc(OCc3nnc(-c4ccccc4)o3)cc2)CC1. The van der Waals surface area contributed by atoms with E-state index in [1.165, 1.54) is 5.56 Å². The molecular weight excluding hydrogens is 406 g/mol. The van der Waals surface area contributed by atoms with Gasteiger partial charge in [-0.25, -0.2) is 4.79 Å². The average Bonchev–Trinajstić information content (AvgIpc) is 3.27. The molecule has 3 aromatic rings. The standard InChI is InChI=1S/C25H29N3O4/c1-25(2,3)32-24(29)28-15-13-19(14-16-28)18-9-11-21(12-10-18)30-17-22-26-27-23(31-22)20-7-5-4-6-8-20/h4-12,19H,13-17H2,1-3H3. The molecule has 0 N–H and O–H groups in total. The molecule has 0 atom stereocenters. The number of aromatic nitrogens is 2. The van der Waals surface area contributed by atoms with Gasteiger partial charge < -0.3 is 18.8 Å². The summed E-state index contributed by atoms with van der Waals surface area (Å²) >= 11 is 0. The van der Waals surface area contributed by atoms with E-state index in [1.807, 2.05) is 63.2 Å². The molecule has 0 bridgehead atoms. The highest BCUT2D eigenvalue weighted by Crippen LogP contribution is 2.30. The van der Waals surface area contributed by atoms with Gasteiger partial charge in [0.25, 0.3) is 5.89 Å². The van der Waals surface area contributed by atoms with Crippen molar-refractivity contribution in [2.45, 2.75) is 51.7 Å². The Hall–Kier alpha value is -3.35. The Morgan fingerprint density at radius 3 is 2.38 bits per heavy atom. The van der Waals surface area contributed by atoms with Crippen molar-refractivity contribution in [3.05, 3.63) is 66.1 Å². The first-order chi connectivity index (χ1) is 15.4. The second-order valence-electron chi connectivity index (χ2n) is 8.97. The molecule has 0 aliphatic carbocycles. The van der Waals surface area contributed by atoms with Gasteiger partial charge in [0, 0.05) is 18.7 Å². The zero-order valence-corrected chi connectivity index (χ0v) is 18.8. The molecule has 1 fully saturated rings. The summed E-state index contributed by atoms with van der Waals surface area (Å²) in [6.07, 6.45) is 1.61. The van der Waals surface area contributed by atoms with E-state index >= 15 is 0 Å². The Kier molecular flexibility index (Phi) is 6.44. The van der Waals surface area contributed by atoms with E-state index < -0.39 is 5.60 Å². The summed E-state index contributed by atoms with van der Waals surface area (Å²) in [7, 11) is 0. The first-order valence-corrected chi connectivity index (χ1v) is 11.0. The van der Waals surface area contributed by atoms with E-state index in [2.05, 4.69) is 22.3 Å². The maximum atomic E-state index is 12.2. The largest absolute Gasteiger partial charge is 0.484 e. The number of amides is 1. The van der Waals surface area contributed by atoms with Crippen LogP contribution in [0.5, 0.6) is 5.75 Å². The molecule has 1 aromatic heterocycles. The van der Waals surface area contributed by atoms with Gasteiger partial charge in [-0.15, -0.1) is 10.2 Å². The van der Waals surface area contributed by atoms with Crippen LogP contribution >= 0.6 is 0 Å². The lowest BCUT2D eigenvalue weighted by atomic mass is 9.89. The Labute approximate surface area is 188 Å². The molecule has 4 rings (SSSR count). The van der Waals surface area contributed by atoms with Crippen LogP contribution in [-0.4, -0.2) is 39.9 Å². The number of benzene rings is 2. The van der Waals surface area contributed by atoms with Crippen LogP contribution in [0.2, 0.25) is 0 Å². The van der Waals surface area contributed by atoms with Gasteiger partial charge in [-0.1, -0.05) is 30.3 Å². The van der Waals surface area contributed by atoms with Crippen molar-refractivity contribution in [2.24, 2.45) is 0 Å². The molecule has 32 heavy (non-hydrogen) atoms. The number of rotatable bonds is 5. The number of nitrogens with zero attached hydrogens (tertiary/aromatic N) is 3. The van der Waals surface area contributed by atoms with Crippen LogP contribution in [0.1, 0.15) is 51.0 Å². The average molecular weight is 436 g/mol. The number of carbonyl (C=O) groups is 1. The van der Waals surface area contributed by atoms with Crippen molar-refractivity contribution in [3.8, 4) is 17.2 Å². The first kappa shape index (κ1) is 21.9. The highest BCUT2D eigenvalue weighted by Gasteiger charge is 2.27. The highest BCUT2D eigenvalue weighted by molar-refractivity contribution is 5.68. The molecule has 1 saturated heterocycles.